The minimum absolute atomic E-state index is 0. The van der Waals surface area contributed by atoms with Crippen LogP contribution < -0.4 is 66.0 Å². The van der Waals surface area contributed by atoms with Crippen LogP contribution in [0.3, 0.4) is 0 Å². The summed E-state index contributed by atoms with van der Waals surface area (Å²) in [6.07, 6.45) is 2.87. The molecule has 1 fully saturated rings. The Balaban J connectivity index is 0.000000219. The van der Waals surface area contributed by atoms with Gasteiger partial charge in [-0.15, -0.1) is 0 Å². The van der Waals surface area contributed by atoms with Crippen LogP contribution in [0.15, 0.2) is 206 Å². The Bertz CT molecular complexity index is 5430. The number of methoxy groups -OCH3 is 8. The van der Waals surface area contributed by atoms with Crippen LogP contribution in [0.25, 0.3) is 76.5 Å². The van der Waals surface area contributed by atoms with Gasteiger partial charge in [0.25, 0.3) is 11.1 Å². The molecule has 0 amide bonds. The number of phenolic OH excluding ortho intramolecular Hbond substituents is 2. The fraction of sp³-hybridized carbons (Fsp3) is 0.267. The first-order valence-electron chi connectivity index (χ1n) is 36.2. The average molecular weight is 1660 g/mol. The maximum atomic E-state index is 12.6. The van der Waals surface area contributed by atoms with Gasteiger partial charge in [0.1, 0.15) is 57.5 Å². The van der Waals surface area contributed by atoms with Crippen LogP contribution in [-0.2, 0) is 38.0 Å². The molecular weight excluding hydrogens is 1560 g/mol. The summed E-state index contributed by atoms with van der Waals surface area (Å²) in [7, 11) is 19.6. The van der Waals surface area contributed by atoms with Gasteiger partial charge in [0, 0.05) is 66.8 Å². The number of ether oxygens (including phenoxy) is 9. The number of phenols is 2. The lowest BCUT2D eigenvalue weighted by atomic mass is 9.92. The smallest absolute Gasteiger partial charge is 0.346 e. The van der Waals surface area contributed by atoms with Gasteiger partial charge in [0.2, 0.25) is 0 Å². The molecule has 0 spiro atoms. The number of Topliss-reactive ketones (excluding diaryl/α,β-unsaturated/α-hetero) is 1. The quantitative estimate of drug-likeness (QED) is 0.0502. The second kappa shape index (κ2) is 45.1. The van der Waals surface area contributed by atoms with Crippen LogP contribution in [0.2, 0.25) is 0 Å². The second-order valence-corrected chi connectivity index (χ2v) is 28.0. The van der Waals surface area contributed by atoms with Crippen molar-refractivity contribution in [3.63, 3.8) is 0 Å². The average Bonchev–Trinajstić information content (AvgIpc) is 1.58. The molecule has 0 bridgehead atoms. The van der Waals surface area contributed by atoms with Gasteiger partial charge in [-0.3, -0.25) is 28.8 Å². The Morgan fingerprint density at radius 1 is 0.402 bits per heavy atom. The number of carboxylic acids is 1. The number of benzene rings is 10. The van der Waals surface area contributed by atoms with E-state index in [9.17, 15) is 44.1 Å². The number of carbonyl (C=O) groups is 2. The number of nitrogens with two attached hydrogens (primary N) is 1. The Morgan fingerprint density at radius 2 is 0.667 bits per heavy atom. The van der Waals surface area contributed by atoms with Crippen LogP contribution in [-0.4, -0.2) is 145 Å². The Kier molecular flexibility index (Phi) is 36.3. The number of halogens is 3. The van der Waals surface area contributed by atoms with Crippen molar-refractivity contribution in [3.8, 4) is 90.9 Å². The molecular formula is C90H97BCl3N4O19. The number of hydrogen-bond acceptors (Lipinski definition) is 21. The fourth-order valence-corrected chi connectivity index (χ4v) is 13.2. The molecule has 2 aromatic heterocycles. The van der Waals surface area contributed by atoms with E-state index in [-0.39, 0.29) is 38.3 Å². The minimum atomic E-state index is -1.08. The summed E-state index contributed by atoms with van der Waals surface area (Å²) in [5.41, 5.74) is 13.6. The molecule has 1 saturated heterocycles. The van der Waals surface area contributed by atoms with E-state index in [4.69, 9.17) is 81.9 Å². The topological polar surface area (TPSA) is 297 Å². The number of aromatic nitrogens is 1. The van der Waals surface area contributed by atoms with Gasteiger partial charge in [-0.05, 0) is 269 Å². The van der Waals surface area contributed by atoms with Gasteiger partial charge in [0.15, 0.2) is 10.1 Å². The van der Waals surface area contributed by atoms with E-state index < -0.39 is 21.5 Å². The van der Waals surface area contributed by atoms with Crippen molar-refractivity contribution in [1.82, 2.24) is 14.4 Å². The lowest BCUT2D eigenvalue weighted by Crippen LogP contribution is -2.26. The lowest BCUT2D eigenvalue weighted by Gasteiger charge is -2.14. The highest BCUT2D eigenvalue weighted by Gasteiger charge is 2.23. The molecule has 0 unspecified atom stereocenters. The Labute approximate surface area is 696 Å². The Hall–Kier alpha value is -11.6. The summed E-state index contributed by atoms with van der Waals surface area (Å²) in [6, 6.07) is 53.9. The SMILES string of the molecule is C.C1CCOC1.CCC(=O)c1cc(OC)ccc1-c1ccc(OC)cc1C(=O)O.CN.CN1Cc2cc(O)ccc2-c2ccc(O)cc2C1.COc1ccc2c(c1)CN(C)Cc1cc(OC)ccc1-2.COc1ccc2c(c1)c(=O)n(C)c(=O)c1cc(OC)ccc12.COc1ccc2c(c1)c(=O)oc(=O)c1cc(OC)ccc12.ClC(Cl)Cl.[B]. The van der Waals surface area contributed by atoms with E-state index in [1.807, 2.05) is 43.4 Å². The summed E-state index contributed by atoms with van der Waals surface area (Å²) in [6.45, 7) is 7.18. The molecule has 5 N–H and O–H groups in total. The summed E-state index contributed by atoms with van der Waals surface area (Å²) in [5, 5.41) is 32.8. The zero-order valence-electron chi connectivity index (χ0n) is 66.8. The van der Waals surface area contributed by atoms with E-state index in [0.717, 1.165) is 77.7 Å². The molecule has 0 aliphatic carbocycles. The van der Waals surface area contributed by atoms with E-state index in [0.29, 0.717) is 112 Å². The fourth-order valence-electron chi connectivity index (χ4n) is 13.2. The number of hydrogen-bond donors (Lipinski definition) is 4. The molecule has 12 aromatic rings. The highest BCUT2D eigenvalue weighted by atomic mass is 35.6. The van der Waals surface area contributed by atoms with Gasteiger partial charge in [0.05, 0.1) is 84.0 Å². The molecule has 5 heterocycles. The van der Waals surface area contributed by atoms with Gasteiger partial charge < -0.3 is 68.1 Å². The number of nitrogens with zero attached hydrogens (tertiary/aromatic N) is 3. The molecule has 15 rings (SSSR count). The van der Waals surface area contributed by atoms with E-state index in [1.54, 1.807) is 136 Å². The number of aromatic carboxylic acids is 1. The molecule has 0 saturated carbocycles. The largest absolute Gasteiger partial charge is 0.508 e. The van der Waals surface area contributed by atoms with Gasteiger partial charge >= 0.3 is 17.2 Å². The van der Waals surface area contributed by atoms with Crippen molar-refractivity contribution in [3.05, 3.63) is 257 Å². The standard InChI is InChI=1S/C18H18O5.C17H15NO4.C17H19NO2.C16H12O5.C15H15NO2.C4H8O.CHCl3.CH5N.CH4.B/c1-4-17(19)15-9-11(22-2)5-7-13(15)14-8-6-12(23-3)10-16(14)18(20)21;1-18-16(19)14-8-10(21-2)4-6-12(14)13-7-5-11(22-3)9-15(13)17(18)20;1-18-10-12-8-14(19-2)4-6-16(12)17-7-5-15(20-3)9-13(17)11-18;1-19-9-3-5-11-12-6-4-10(20-2)8-14(12)16(18)21-15(17)13(11)7-9;1-16-8-10-6-12(17)2-4-14(10)15-5-3-13(18)7-11(15)9-16;1-2-4-5-3-1;2-1(3)4;1-2;;/h5-10H,4H2,1-3H3,(H,20,21);4-9H,1-3H3;4-9H,10-11H2,1-3H3;3-8H,1-2H3;2-7,17-18H,8-9H2,1H3;1-4H2;1H;2H2,1H3;1H4;. The summed E-state index contributed by atoms with van der Waals surface area (Å²) >= 11 is 14.4. The van der Waals surface area contributed by atoms with Crippen LogP contribution >= 0.6 is 34.8 Å². The van der Waals surface area contributed by atoms with E-state index >= 15 is 0 Å². The number of aromatic hydroxyl groups is 2. The molecule has 0 atom stereocenters. The normalized spacial score (nSPS) is 12.1. The molecule has 3 aliphatic rings. The number of carbonyl (C=O) groups excluding carboxylic acids is 1. The number of carboxylic acid groups (broad SMARTS) is 1. The molecule has 3 radical (unpaired) electrons. The monoisotopic (exact) mass is 1650 g/mol. The highest BCUT2D eigenvalue weighted by molar-refractivity contribution is 6.63. The summed E-state index contributed by atoms with van der Waals surface area (Å²) < 4.78 is 51.7. The van der Waals surface area contributed by atoms with Crippen molar-refractivity contribution in [1.29, 1.82) is 0 Å². The van der Waals surface area contributed by atoms with E-state index in [2.05, 4.69) is 46.8 Å². The number of ketones is 1. The Morgan fingerprint density at radius 3 is 0.974 bits per heavy atom. The third kappa shape index (κ3) is 24.0. The molecule has 27 heteroatoms. The maximum Gasteiger partial charge on any atom is 0.346 e. The van der Waals surface area contributed by atoms with Crippen LogP contribution in [0.5, 0.6) is 57.5 Å². The third-order valence-electron chi connectivity index (χ3n) is 18.7. The van der Waals surface area contributed by atoms with E-state index in [1.165, 1.54) is 97.9 Å². The van der Waals surface area contributed by atoms with Crippen molar-refractivity contribution in [2.24, 2.45) is 12.8 Å². The van der Waals surface area contributed by atoms with Gasteiger partial charge in [-0.1, -0.05) is 73.4 Å². The van der Waals surface area contributed by atoms with Gasteiger partial charge in [-0.25, -0.2) is 14.4 Å². The minimum Gasteiger partial charge on any atom is -0.508 e. The first kappa shape index (κ1) is 94.2. The number of fused-ring (bicyclic) bond motifs is 12. The number of alkyl halides is 3. The molecule has 10 aromatic carbocycles. The maximum absolute atomic E-state index is 12.6. The first-order valence-corrected chi connectivity index (χ1v) is 37.5. The second-order valence-electron chi connectivity index (χ2n) is 26.0. The molecule has 3 aliphatic heterocycles. The highest BCUT2D eigenvalue weighted by Crippen LogP contribution is 2.39. The van der Waals surface area contributed by atoms with Crippen molar-refractivity contribution in [2.75, 3.05) is 91.2 Å². The van der Waals surface area contributed by atoms with Crippen molar-refractivity contribution < 1.29 is 72.0 Å². The predicted molar refractivity (Wildman–Crippen MR) is 467 cm³/mol. The van der Waals surface area contributed by atoms with Crippen LogP contribution in [0.4, 0.5) is 0 Å². The molecule has 23 nitrogen and oxygen atoms in total. The first-order chi connectivity index (χ1) is 55.3. The predicted octanol–water partition coefficient (Wildman–Crippen LogP) is 16.7. The van der Waals surface area contributed by atoms with Crippen molar-refractivity contribution in [2.45, 2.75) is 64.1 Å². The van der Waals surface area contributed by atoms with Crippen LogP contribution in [0.1, 0.15) is 76.6 Å². The third-order valence-corrected chi connectivity index (χ3v) is 18.7. The summed E-state index contributed by atoms with van der Waals surface area (Å²) in [5.74, 6) is 4.45. The van der Waals surface area contributed by atoms with Gasteiger partial charge in [-0.2, -0.15) is 0 Å². The lowest BCUT2D eigenvalue weighted by molar-refractivity contribution is 0.0696. The van der Waals surface area contributed by atoms with Crippen LogP contribution in [0, 0.1) is 0 Å². The molecule has 117 heavy (non-hydrogen) atoms. The van der Waals surface area contributed by atoms with Crippen molar-refractivity contribution >= 4 is 98.1 Å². The zero-order chi connectivity index (χ0) is 83.7. The summed E-state index contributed by atoms with van der Waals surface area (Å²) in [4.78, 5) is 77.6. The zero-order valence-corrected chi connectivity index (χ0v) is 69.0. The molecule has 615 valence electrons. The number of rotatable bonds is 12.